The van der Waals surface area contributed by atoms with Crippen LogP contribution in [0.15, 0.2) is 71.6 Å². The zero-order valence-corrected chi connectivity index (χ0v) is 16.8. The minimum absolute atomic E-state index is 0.120. The topological polar surface area (TPSA) is 46.6 Å². The van der Waals surface area contributed by atoms with Crippen LogP contribution >= 0.6 is 0 Å². The third-order valence-electron chi connectivity index (χ3n) is 5.24. The van der Waals surface area contributed by atoms with Crippen molar-refractivity contribution in [2.45, 2.75) is 30.0 Å². The molecule has 1 aliphatic heterocycles. The van der Waals surface area contributed by atoms with E-state index in [1.807, 2.05) is 42.5 Å². The fourth-order valence-electron chi connectivity index (χ4n) is 3.59. The lowest BCUT2D eigenvalue weighted by molar-refractivity contribution is -0.137. The number of fused-ring (bicyclic) bond motifs is 1. The lowest BCUT2D eigenvalue weighted by atomic mass is 10.1. The number of ether oxygens (including phenoxy) is 1. The summed E-state index contributed by atoms with van der Waals surface area (Å²) >= 11 is 0. The van der Waals surface area contributed by atoms with Crippen molar-refractivity contribution in [3.63, 3.8) is 0 Å². The molecule has 8 heteroatoms. The number of rotatable bonds is 4. The third kappa shape index (κ3) is 4.29. The maximum absolute atomic E-state index is 12.8. The first kappa shape index (κ1) is 20.7. The number of hydrogen-bond acceptors (Lipinski definition) is 3. The first-order valence-electron chi connectivity index (χ1n) is 9.56. The molecule has 30 heavy (non-hydrogen) atoms. The Kier molecular flexibility index (Phi) is 5.46. The number of halogens is 3. The van der Waals surface area contributed by atoms with E-state index in [9.17, 15) is 21.6 Å². The standard InChI is InChI=1S/C22H20F3NO3S/c23-22(24,25)18-6-9-21(10-7-18)30(27,28)26-13-11-19(12-14-26)29-20-8-5-16-3-1-2-4-17(16)15-20/h1-10,15,19H,11-14H2. The van der Waals surface area contributed by atoms with Gasteiger partial charge in [-0.15, -0.1) is 0 Å². The van der Waals surface area contributed by atoms with Crippen molar-refractivity contribution in [2.75, 3.05) is 13.1 Å². The Morgan fingerprint density at radius 2 is 1.50 bits per heavy atom. The molecule has 4 nitrogen and oxygen atoms in total. The molecule has 0 radical (unpaired) electrons. The van der Waals surface area contributed by atoms with Gasteiger partial charge in [-0.1, -0.05) is 30.3 Å². The van der Waals surface area contributed by atoms with Crippen LogP contribution in [0.4, 0.5) is 13.2 Å². The molecule has 0 aliphatic carbocycles. The molecule has 1 heterocycles. The van der Waals surface area contributed by atoms with Crippen LogP contribution in [-0.2, 0) is 16.2 Å². The van der Waals surface area contributed by atoms with Gasteiger partial charge < -0.3 is 4.74 Å². The summed E-state index contributed by atoms with van der Waals surface area (Å²) in [6.07, 6.45) is -3.61. The molecule has 1 saturated heterocycles. The van der Waals surface area contributed by atoms with Gasteiger partial charge in [-0.3, -0.25) is 0 Å². The van der Waals surface area contributed by atoms with E-state index in [2.05, 4.69) is 0 Å². The van der Waals surface area contributed by atoms with Crippen LogP contribution in [0.25, 0.3) is 10.8 Å². The van der Waals surface area contributed by atoms with E-state index in [1.54, 1.807) is 0 Å². The first-order chi connectivity index (χ1) is 14.2. The van der Waals surface area contributed by atoms with Gasteiger partial charge in [0.15, 0.2) is 0 Å². The Labute approximate surface area is 172 Å². The summed E-state index contributed by atoms with van der Waals surface area (Å²) in [5, 5.41) is 2.18. The van der Waals surface area contributed by atoms with E-state index in [0.717, 1.165) is 40.8 Å². The zero-order chi connectivity index (χ0) is 21.4. The van der Waals surface area contributed by atoms with Crippen LogP contribution in [0.3, 0.4) is 0 Å². The van der Waals surface area contributed by atoms with Crippen molar-refractivity contribution in [2.24, 2.45) is 0 Å². The summed E-state index contributed by atoms with van der Waals surface area (Å²) in [6.45, 7) is 0.503. The molecule has 3 aromatic rings. The van der Waals surface area contributed by atoms with Crippen molar-refractivity contribution in [1.82, 2.24) is 4.31 Å². The predicted octanol–water partition coefficient (Wildman–Crippen LogP) is 5.09. The highest BCUT2D eigenvalue weighted by Gasteiger charge is 2.33. The van der Waals surface area contributed by atoms with Gasteiger partial charge in [0.25, 0.3) is 0 Å². The maximum Gasteiger partial charge on any atom is 0.416 e. The number of benzene rings is 3. The van der Waals surface area contributed by atoms with Crippen molar-refractivity contribution in [1.29, 1.82) is 0 Å². The second-order valence-corrected chi connectivity index (χ2v) is 9.19. The minimum atomic E-state index is -4.50. The van der Waals surface area contributed by atoms with Crippen LogP contribution < -0.4 is 4.74 Å². The van der Waals surface area contributed by atoms with Crippen LogP contribution in [0.5, 0.6) is 5.75 Å². The smallest absolute Gasteiger partial charge is 0.416 e. The Bertz CT molecular complexity index is 1140. The fraction of sp³-hybridized carbons (Fsp3) is 0.273. The van der Waals surface area contributed by atoms with E-state index in [0.29, 0.717) is 12.8 Å². The number of sulfonamides is 1. The Hall–Kier alpha value is -2.58. The third-order valence-corrected chi connectivity index (χ3v) is 7.16. The van der Waals surface area contributed by atoms with Crippen molar-refractivity contribution >= 4 is 20.8 Å². The number of nitrogens with zero attached hydrogens (tertiary/aromatic N) is 1. The fourth-order valence-corrected chi connectivity index (χ4v) is 5.06. The Morgan fingerprint density at radius 3 is 2.13 bits per heavy atom. The molecule has 158 valence electrons. The summed E-state index contributed by atoms with van der Waals surface area (Å²) in [4.78, 5) is -0.135. The Morgan fingerprint density at radius 1 is 0.867 bits per heavy atom. The second kappa shape index (κ2) is 7.92. The lowest BCUT2D eigenvalue weighted by Gasteiger charge is -2.31. The van der Waals surface area contributed by atoms with E-state index < -0.39 is 21.8 Å². The number of alkyl halides is 3. The molecule has 3 aromatic carbocycles. The lowest BCUT2D eigenvalue weighted by Crippen LogP contribution is -2.41. The number of hydrogen-bond donors (Lipinski definition) is 0. The van der Waals surface area contributed by atoms with E-state index >= 15 is 0 Å². The minimum Gasteiger partial charge on any atom is -0.490 e. The summed E-state index contributed by atoms with van der Waals surface area (Å²) in [7, 11) is -3.84. The molecule has 4 rings (SSSR count). The molecule has 0 N–H and O–H groups in total. The molecule has 1 aliphatic rings. The molecule has 0 unspecified atom stereocenters. The van der Waals surface area contributed by atoms with Gasteiger partial charge in [-0.2, -0.15) is 17.5 Å². The van der Waals surface area contributed by atoms with Gasteiger partial charge in [0.1, 0.15) is 11.9 Å². The van der Waals surface area contributed by atoms with Gasteiger partial charge in [0.05, 0.1) is 10.5 Å². The summed E-state index contributed by atoms with van der Waals surface area (Å²) in [5.74, 6) is 0.734. The zero-order valence-electron chi connectivity index (χ0n) is 16.0. The van der Waals surface area contributed by atoms with Crippen LogP contribution in [-0.4, -0.2) is 31.9 Å². The highest BCUT2D eigenvalue weighted by Crippen LogP contribution is 2.31. The Balaban J connectivity index is 1.40. The summed E-state index contributed by atoms with van der Waals surface area (Å²) in [6, 6.07) is 17.4. The normalized spacial score (nSPS) is 16.6. The monoisotopic (exact) mass is 435 g/mol. The average Bonchev–Trinajstić information content (AvgIpc) is 2.73. The highest BCUT2D eigenvalue weighted by molar-refractivity contribution is 7.89. The molecule has 0 bridgehead atoms. The van der Waals surface area contributed by atoms with Crippen LogP contribution in [0.2, 0.25) is 0 Å². The molecule has 0 atom stereocenters. The number of piperidine rings is 1. The van der Waals surface area contributed by atoms with Crippen molar-refractivity contribution < 1.29 is 26.3 Å². The van der Waals surface area contributed by atoms with Gasteiger partial charge in [0.2, 0.25) is 10.0 Å². The molecular formula is C22H20F3NO3S. The van der Waals surface area contributed by atoms with Gasteiger partial charge in [0, 0.05) is 13.1 Å². The van der Waals surface area contributed by atoms with Crippen molar-refractivity contribution in [3.05, 3.63) is 72.3 Å². The average molecular weight is 435 g/mol. The summed E-state index contributed by atoms with van der Waals surface area (Å²) < 4.78 is 71.0. The second-order valence-electron chi connectivity index (χ2n) is 7.25. The van der Waals surface area contributed by atoms with Crippen LogP contribution in [0.1, 0.15) is 18.4 Å². The van der Waals surface area contributed by atoms with E-state index in [4.69, 9.17) is 4.74 Å². The maximum atomic E-state index is 12.8. The van der Waals surface area contributed by atoms with E-state index in [1.165, 1.54) is 4.31 Å². The molecule has 0 spiro atoms. The molecule has 0 amide bonds. The molecule has 1 fully saturated rings. The quantitative estimate of drug-likeness (QED) is 0.574. The van der Waals surface area contributed by atoms with Gasteiger partial charge in [-0.05, 0) is 60.0 Å². The SMILES string of the molecule is O=S(=O)(c1ccc(C(F)(F)F)cc1)N1CCC(Oc2ccc3ccccc3c2)CC1. The highest BCUT2D eigenvalue weighted by atomic mass is 32.2. The summed E-state index contributed by atoms with van der Waals surface area (Å²) in [5.41, 5.74) is -0.871. The molecular weight excluding hydrogens is 415 g/mol. The first-order valence-corrected chi connectivity index (χ1v) is 11.0. The molecule has 0 aromatic heterocycles. The van der Waals surface area contributed by atoms with Gasteiger partial charge in [-0.25, -0.2) is 8.42 Å². The molecule has 0 saturated carbocycles. The van der Waals surface area contributed by atoms with E-state index in [-0.39, 0.29) is 24.1 Å². The predicted molar refractivity (Wildman–Crippen MR) is 108 cm³/mol. The van der Waals surface area contributed by atoms with Crippen LogP contribution in [0, 0.1) is 0 Å². The largest absolute Gasteiger partial charge is 0.490 e. The van der Waals surface area contributed by atoms with Gasteiger partial charge >= 0.3 is 6.18 Å². The van der Waals surface area contributed by atoms with Crippen molar-refractivity contribution in [3.8, 4) is 5.75 Å².